The lowest BCUT2D eigenvalue weighted by molar-refractivity contribution is -0.136. The SMILES string of the molecule is Cc1cc(F)c(C(=O)O)cc1NCCC(=O)O. The third-order valence-corrected chi connectivity index (χ3v) is 2.20. The van der Waals surface area contributed by atoms with Crippen LogP contribution in [0.25, 0.3) is 0 Å². The molecule has 0 amide bonds. The molecule has 0 fully saturated rings. The number of rotatable bonds is 5. The summed E-state index contributed by atoms with van der Waals surface area (Å²) in [4.78, 5) is 21.0. The van der Waals surface area contributed by atoms with Gasteiger partial charge in [0, 0.05) is 12.2 Å². The van der Waals surface area contributed by atoms with Crippen LogP contribution in [0.3, 0.4) is 0 Å². The van der Waals surface area contributed by atoms with Crippen LogP contribution in [0.15, 0.2) is 12.1 Å². The predicted octanol–water partition coefficient (Wildman–Crippen LogP) is 1.72. The van der Waals surface area contributed by atoms with Crippen molar-refractivity contribution in [1.82, 2.24) is 0 Å². The van der Waals surface area contributed by atoms with Crippen LogP contribution in [-0.4, -0.2) is 28.7 Å². The summed E-state index contributed by atoms with van der Waals surface area (Å²) in [6.45, 7) is 1.76. The Morgan fingerprint density at radius 1 is 1.35 bits per heavy atom. The van der Waals surface area contributed by atoms with Gasteiger partial charge in [-0.2, -0.15) is 0 Å². The quantitative estimate of drug-likeness (QED) is 0.730. The van der Waals surface area contributed by atoms with Gasteiger partial charge in [-0.05, 0) is 24.6 Å². The van der Waals surface area contributed by atoms with Crippen LogP contribution in [0.2, 0.25) is 0 Å². The third kappa shape index (κ3) is 3.44. The van der Waals surface area contributed by atoms with E-state index in [0.29, 0.717) is 11.3 Å². The summed E-state index contributed by atoms with van der Waals surface area (Å²) in [6, 6.07) is 2.27. The highest BCUT2D eigenvalue weighted by Gasteiger charge is 2.13. The molecule has 17 heavy (non-hydrogen) atoms. The van der Waals surface area contributed by atoms with Gasteiger partial charge in [0.1, 0.15) is 5.82 Å². The molecular formula is C11H12FNO4. The monoisotopic (exact) mass is 241 g/mol. The molecule has 0 unspecified atom stereocenters. The number of nitrogens with one attached hydrogen (secondary N) is 1. The first-order chi connectivity index (χ1) is 7.91. The summed E-state index contributed by atoms with van der Waals surface area (Å²) in [5, 5.41) is 19.9. The molecule has 0 aliphatic heterocycles. The Bertz CT molecular complexity index is 459. The Kier molecular flexibility index (Phi) is 4.03. The van der Waals surface area contributed by atoms with E-state index in [4.69, 9.17) is 10.2 Å². The van der Waals surface area contributed by atoms with Gasteiger partial charge in [-0.15, -0.1) is 0 Å². The molecule has 0 saturated heterocycles. The smallest absolute Gasteiger partial charge is 0.338 e. The van der Waals surface area contributed by atoms with Crippen LogP contribution in [0.5, 0.6) is 0 Å². The van der Waals surface area contributed by atoms with Gasteiger partial charge < -0.3 is 15.5 Å². The summed E-state index contributed by atoms with van der Waals surface area (Å²) in [7, 11) is 0. The summed E-state index contributed by atoms with van der Waals surface area (Å²) in [6.07, 6.45) is -0.0980. The lowest BCUT2D eigenvalue weighted by Gasteiger charge is -2.10. The first kappa shape index (κ1) is 13.0. The van der Waals surface area contributed by atoms with Crippen molar-refractivity contribution in [2.24, 2.45) is 0 Å². The maximum Gasteiger partial charge on any atom is 0.338 e. The fraction of sp³-hybridized carbons (Fsp3) is 0.273. The molecule has 1 aromatic carbocycles. The Hall–Kier alpha value is -2.11. The molecule has 0 aliphatic carbocycles. The van der Waals surface area contributed by atoms with E-state index < -0.39 is 23.3 Å². The second-order valence-corrected chi connectivity index (χ2v) is 3.52. The Morgan fingerprint density at radius 2 is 2.00 bits per heavy atom. The molecule has 92 valence electrons. The predicted molar refractivity (Wildman–Crippen MR) is 58.8 cm³/mol. The van der Waals surface area contributed by atoms with Crippen molar-refractivity contribution in [1.29, 1.82) is 0 Å². The highest BCUT2D eigenvalue weighted by atomic mass is 19.1. The van der Waals surface area contributed by atoms with Gasteiger partial charge in [-0.3, -0.25) is 4.79 Å². The van der Waals surface area contributed by atoms with E-state index in [-0.39, 0.29) is 13.0 Å². The number of aliphatic carboxylic acids is 1. The van der Waals surface area contributed by atoms with Gasteiger partial charge in [0.25, 0.3) is 0 Å². The zero-order chi connectivity index (χ0) is 13.0. The van der Waals surface area contributed by atoms with E-state index in [1.807, 2.05) is 0 Å². The Labute approximate surface area is 96.9 Å². The molecule has 1 aromatic rings. The number of halogens is 1. The van der Waals surface area contributed by atoms with Crippen molar-refractivity contribution in [3.8, 4) is 0 Å². The average molecular weight is 241 g/mol. The van der Waals surface area contributed by atoms with Crippen molar-refractivity contribution >= 4 is 17.6 Å². The zero-order valence-corrected chi connectivity index (χ0v) is 9.16. The average Bonchev–Trinajstić information content (AvgIpc) is 2.20. The van der Waals surface area contributed by atoms with Gasteiger partial charge in [-0.1, -0.05) is 0 Å². The number of carbonyl (C=O) groups is 2. The molecule has 0 radical (unpaired) electrons. The number of hydrogen-bond donors (Lipinski definition) is 3. The molecule has 6 heteroatoms. The summed E-state index contributed by atoms with van der Waals surface area (Å²) in [5.74, 6) is -3.13. The van der Waals surface area contributed by atoms with Crippen molar-refractivity contribution in [2.75, 3.05) is 11.9 Å². The van der Waals surface area contributed by atoms with E-state index >= 15 is 0 Å². The van der Waals surface area contributed by atoms with Crippen LogP contribution in [-0.2, 0) is 4.79 Å². The van der Waals surface area contributed by atoms with Crippen LogP contribution in [0.1, 0.15) is 22.3 Å². The molecule has 0 heterocycles. The normalized spacial score (nSPS) is 10.0. The second kappa shape index (κ2) is 5.29. The summed E-state index contributed by atoms with van der Waals surface area (Å²) < 4.78 is 13.2. The molecule has 0 saturated carbocycles. The number of carboxylic acid groups (broad SMARTS) is 2. The van der Waals surface area contributed by atoms with Crippen molar-refractivity contribution < 1.29 is 24.2 Å². The van der Waals surface area contributed by atoms with Crippen molar-refractivity contribution in [3.05, 3.63) is 29.1 Å². The van der Waals surface area contributed by atoms with Crippen LogP contribution >= 0.6 is 0 Å². The topological polar surface area (TPSA) is 86.6 Å². The first-order valence-electron chi connectivity index (χ1n) is 4.91. The number of aryl methyl sites for hydroxylation is 1. The highest BCUT2D eigenvalue weighted by molar-refractivity contribution is 5.89. The van der Waals surface area contributed by atoms with E-state index in [9.17, 15) is 14.0 Å². The molecule has 5 nitrogen and oxygen atoms in total. The number of aromatic carboxylic acids is 1. The van der Waals surface area contributed by atoms with E-state index in [0.717, 1.165) is 12.1 Å². The van der Waals surface area contributed by atoms with Gasteiger partial charge >= 0.3 is 11.9 Å². The summed E-state index contributed by atoms with van der Waals surface area (Å²) >= 11 is 0. The maximum atomic E-state index is 13.2. The van der Waals surface area contributed by atoms with Gasteiger partial charge in [-0.25, -0.2) is 9.18 Å². The molecule has 3 N–H and O–H groups in total. The van der Waals surface area contributed by atoms with E-state index in [1.54, 1.807) is 6.92 Å². The lowest BCUT2D eigenvalue weighted by atomic mass is 10.1. The second-order valence-electron chi connectivity index (χ2n) is 3.52. The fourth-order valence-corrected chi connectivity index (χ4v) is 1.33. The van der Waals surface area contributed by atoms with Gasteiger partial charge in [0.2, 0.25) is 0 Å². The van der Waals surface area contributed by atoms with Gasteiger partial charge in [0.05, 0.1) is 12.0 Å². The molecular weight excluding hydrogens is 229 g/mol. The molecule has 0 atom stereocenters. The third-order valence-electron chi connectivity index (χ3n) is 2.20. The number of benzene rings is 1. The Balaban J connectivity index is 2.88. The zero-order valence-electron chi connectivity index (χ0n) is 9.16. The standard InChI is InChI=1S/C11H12FNO4/c1-6-4-8(12)7(11(16)17)5-9(6)13-3-2-10(14)15/h4-5,13H,2-3H2,1H3,(H,14,15)(H,16,17). The number of anilines is 1. The number of carboxylic acids is 2. The first-order valence-corrected chi connectivity index (χ1v) is 4.91. The minimum atomic E-state index is -1.36. The minimum Gasteiger partial charge on any atom is -0.481 e. The molecule has 0 aliphatic rings. The van der Waals surface area contributed by atoms with Crippen LogP contribution in [0, 0.1) is 12.7 Å². The largest absolute Gasteiger partial charge is 0.481 e. The lowest BCUT2D eigenvalue weighted by Crippen LogP contribution is -2.10. The molecule has 0 spiro atoms. The summed E-state index contributed by atoms with van der Waals surface area (Å²) in [5.41, 5.74) is 0.511. The van der Waals surface area contributed by atoms with Crippen molar-refractivity contribution in [3.63, 3.8) is 0 Å². The van der Waals surface area contributed by atoms with E-state index in [1.165, 1.54) is 0 Å². The fourth-order valence-electron chi connectivity index (χ4n) is 1.33. The molecule has 0 aromatic heterocycles. The van der Waals surface area contributed by atoms with Gasteiger partial charge in [0.15, 0.2) is 0 Å². The molecule has 0 bridgehead atoms. The molecule has 1 rings (SSSR count). The van der Waals surface area contributed by atoms with E-state index in [2.05, 4.69) is 5.32 Å². The maximum absolute atomic E-state index is 13.2. The van der Waals surface area contributed by atoms with Crippen molar-refractivity contribution in [2.45, 2.75) is 13.3 Å². The number of hydrogen-bond acceptors (Lipinski definition) is 3. The Morgan fingerprint density at radius 3 is 2.53 bits per heavy atom. The highest BCUT2D eigenvalue weighted by Crippen LogP contribution is 2.20. The minimum absolute atomic E-state index is 0.0980. The van der Waals surface area contributed by atoms with Crippen LogP contribution in [0.4, 0.5) is 10.1 Å². The van der Waals surface area contributed by atoms with Crippen LogP contribution < -0.4 is 5.32 Å².